The van der Waals surface area contributed by atoms with Crippen LogP contribution in [0.25, 0.3) is 0 Å². The number of carbonyl (C=O) groups is 1. The van der Waals surface area contributed by atoms with E-state index >= 15 is 0 Å². The molecule has 4 rings (SSSR count). The van der Waals surface area contributed by atoms with E-state index in [2.05, 4.69) is 14.9 Å². The lowest BCUT2D eigenvalue weighted by molar-refractivity contribution is -0.126. The lowest BCUT2D eigenvalue weighted by Crippen LogP contribution is -2.48. The number of hydrogen-bond acceptors (Lipinski definition) is 4. The van der Waals surface area contributed by atoms with E-state index in [4.69, 9.17) is 9.47 Å². The van der Waals surface area contributed by atoms with Crippen molar-refractivity contribution in [3.8, 4) is 11.5 Å². The molecule has 0 fully saturated rings. The Hall–Kier alpha value is -2.50. The molecule has 1 atom stereocenters. The molecule has 0 aliphatic carbocycles. The number of carbonyl (C=O) groups excluding carboxylic acids is 1. The first-order valence-electron chi connectivity index (χ1n) is 8.75. The molecule has 1 N–H and O–H groups in total. The summed E-state index contributed by atoms with van der Waals surface area (Å²) in [4.78, 5) is 17.3. The first-order chi connectivity index (χ1) is 12.0. The van der Waals surface area contributed by atoms with Crippen molar-refractivity contribution in [2.24, 2.45) is 0 Å². The van der Waals surface area contributed by atoms with Crippen molar-refractivity contribution in [1.82, 2.24) is 14.9 Å². The molecule has 0 unspecified atom stereocenters. The van der Waals surface area contributed by atoms with Crippen LogP contribution < -0.4 is 14.8 Å². The van der Waals surface area contributed by atoms with Crippen LogP contribution in [0.15, 0.2) is 30.6 Å². The molecule has 6 heteroatoms. The summed E-state index contributed by atoms with van der Waals surface area (Å²) in [6, 6.07) is 5.88. The van der Waals surface area contributed by atoms with Gasteiger partial charge in [0, 0.05) is 31.4 Å². The van der Waals surface area contributed by atoms with Gasteiger partial charge in [0.1, 0.15) is 19.0 Å². The van der Waals surface area contributed by atoms with Gasteiger partial charge in [0.15, 0.2) is 11.5 Å². The molecular weight excluding hydrogens is 318 g/mol. The van der Waals surface area contributed by atoms with Crippen LogP contribution in [0.5, 0.6) is 11.5 Å². The number of imidazole rings is 1. The Labute approximate surface area is 147 Å². The number of hydrogen-bond donors (Lipinski definition) is 1. The highest BCUT2D eigenvalue weighted by Gasteiger charge is 2.33. The number of amides is 1. The van der Waals surface area contributed by atoms with Crippen LogP contribution in [0.3, 0.4) is 0 Å². The van der Waals surface area contributed by atoms with Crippen LogP contribution in [-0.4, -0.2) is 34.7 Å². The average Bonchev–Trinajstić information content (AvgIpc) is 3.09. The normalized spacial score (nSPS) is 19.2. The van der Waals surface area contributed by atoms with Gasteiger partial charge in [0.25, 0.3) is 0 Å². The molecule has 1 amide bonds. The summed E-state index contributed by atoms with van der Waals surface area (Å²) in [5, 5.41) is 3.21. The summed E-state index contributed by atoms with van der Waals surface area (Å²) in [7, 11) is 0. The molecule has 1 aromatic carbocycles. The minimum atomic E-state index is -0.648. The van der Waals surface area contributed by atoms with Crippen molar-refractivity contribution >= 4 is 5.91 Å². The second-order valence-electron chi connectivity index (χ2n) is 7.19. The molecule has 0 radical (unpaired) electrons. The zero-order chi connectivity index (χ0) is 17.4. The molecule has 2 aliphatic heterocycles. The molecule has 2 aliphatic rings. The number of aryl methyl sites for hydroxylation is 1. The van der Waals surface area contributed by atoms with Gasteiger partial charge in [-0.15, -0.1) is 0 Å². The average molecular weight is 341 g/mol. The SMILES string of the molecule is CC(C)(C(=O)N[C@H]1CCc2nccn2C1)c1ccc2c(c1)OCCO2. The van der Waals surface area contributed by atoms with Crippen molar-refractivity contribution in [2.45, 2.75) is 44.7 Å². The molecule has 0 bridgehead atoms. The third-order valence-corrected chi connectivity index (χ3v) is 5.10. The van der Waals surface area contributed by atoms with Gasteiger partial charge in [-0.25, -0.2) is 4.98 Å². The van der Waals surface area contributed by atoms with Gasteiger partial charge in [0.05, 0.1) is 5.41 Å². The van der Waals surface area contributed by atoms with Crippen molar-refractivity contribution < 1.29 is 14.3 Å². The van der Waals surface area contributed by atoms with Crippen LogP contribution >= 0.6 is 0 Å². The van der Waals surface area contributed by atoms with Crippen LogP contribution in [0, 0.1) is 0 Å². The maximum absolute atomic E-state index is 12.9. The molecule has 25 heavy (non-hydrogen) atoms. The predicted octanol–water partition coefficient (Wildman–Crippen LogP) is 2.06. The third-order valence-electron chi connectivity index (χ3n) is 5.10. The zero-order valence-electron chi connectivity index (χ0n) is 14.6. The first-order valence-corrected chi connectivity index (χ1v) is 8.75. The largest absolute Gasteiger partial charge is 0.486 e. The molecule has 0 saturated heterocycles. The van der Waals surface area contributed by atoms with Gasteiger partial charge >= 0.3 is 0 Å². The fourth-order valence-electron chi connectivity index (χ4n) is 3.41. The quantitative estimate of drug-likeness (QED) is 0.928. The number of nitrogens with zero attached hydrogens (tertiary/aromatic N) is 2. The lowest BCUT2D eigenvalue weighted by Gasteiger charge is -2.31. The van der Waals surface area contributed by atoms with Crippen molar-refractivity contribution in [2.75, 3.05) is 13.2 Å². The van der Waals surface area contributed by atoms with E-state index in [9.17, 15) is 4.79 Å². The number of fused-ring (bicyclic) bond motifs is 2. The summed E-state index contributed by atoms with van der Waals surface area (Å²) in [6.45, 7) is 5.77. The van der Waals surface area contributed by atoms with E-state index in [1.807, 2.05) is 44.4 Å². The summed E-state index contributed by atoms with van der Waals surface area (Å²) in [5.74, 6) is 2.57. The van der Waals surface area contributed by atoms with Crippen LogP contribution in [0.2, 0.25) is 0 Å². The maximum Gasteiger partial charge on any atom is 0.230 e. The highest BCUT2D eigenvalue weighted by Crippen LogP contribution is 2.35. The number of rotatable bonds is 3. The smallest absolute Gasteiger partial charge is 0.230 e. The Morgan fingerprint density at radius 2 is 2.08 bits per heavy atom. The minimum Gasteiger partial charge on any atom is -0.486 e. The summed E-state index contributed by atoms with van der Waals surface area (Å²) in [6.07, 6.45) is 5.60. The fourth-order valence-corrected chi connectivity index (χ4v) is 3.41. The molecule has 0 spiro atoms. The van der Waals surface area contributed by atoms with Gasteiger partial charge < -0.3 is 19.4 Å². The first kappa shape index (κ1) is 16.0. The van der Waals surface area contributed by atoms with Gasteiger partial charge in [-0.2, -0.15) is 0 Å². The Balaban J connectivity index is 1.49. The second-order valence-corrected chi connectivity index (χ2v) is 7.19. The Morgan fingerprint density at radius 1 is 1.28 bits per heavy atom. The van der Waals surface area contributed by atoms with Crippen LogP contribution in [-0.2, 0) is 23.2 Å². The monoisotopic (exact) mass is 341 g/mol. The summed E-state index contributed by atoms with van der Waals surface area (Å²) >= 11 is 0. The maximum atomic E-state index is 12.9. The van der Waals surface area contributed by atoms with E-state index in [-0.39, 0.29) is 11.9 Å². The second kappa shape index (κ2) is 6.10. The Bertz CT molecular complexity index is 797. The molecule has 1 aromatic heterocycles. The van der Waals surface area contributed by atoms with E-state index in [0.717, 1.165) is 36.5 Å². The zero-order valence-corrected chi connectivity index (χ0v) is 14.6. The van der Waals surface area contributed by atoms with Crippen LogP contribution in [0.4, 0.5) is 0 Å². The lowest BCUT2D eigenvalue weighted by atomic mass is 9.83. The predicted molar refractivity (Wildman–Crippen MR) is 92.9 cm³/mol. The van der Waals surface area contributed by atoms with Crippen molar-refractivity contribution in [3.63, 3.8) is 0 Å². The Morgan fingerprint density at radius 3 is 2.92 bits per heavy atom. The number of ether oxygens (including phenoxy) is 2. The molecule has 2 aromatic rings. The number of aromatic nitrogens is 2. The van der Waals surface area contributed by atoms with E-state index in [0.29, 0.717) is 19.0 Å². The molecular formula is C19H23N3O3. The topological polar surface area (TPSA) is 65.4 Å². The Kier molecular flexibility index (Phi) is 3.90. The van der Waals surface area contributed by atoms with Crippen molar-refractivity contribution in [3.05, 3.63) is 42.0 Å². The van der Waals surface area contributed by atoms with Crippen molar-refractivity contribution in [1.29, 1.82) is 0 Å². The summed E-state index contributed by atoms with van der Waals surface area (Å²) < 4.78 is 13.3. The molecule has 6 nitrogen and oxygen atoms in total. The van der Waals surface area contributed by atoms with E-state index in [1.165, 1.54) is 0 Å². The number of benzene rings is 1. The van der Waals surface area contributed by atoms with E-state index in [1.54, 1.807) is 0 Å². The highest BCUT2D eigenvalue weighted by molar-refractivity contribution is 5.87. The number of nitrogens with one attached hydrogen (secondary N) is 1. The summed E-state index contributed by atoms with van der Waals surface area (Å²) in [5.41, 5.74) is 0.277. The standard InChI is InChI=1S/C19H23N3O3/c1-19(2,13-3-5-15-16(11-13)25-10-9-24-15)18(23)21-14-4-6-17-20-7-8-22(17)12-14/h3,5,7-8,11,14H,4,6,9-10,12H2,1-2H3,(H,21,23)/t14-/m0/s1. The van der Waals surface area contributed by atoms with Gasteiger partial charge in [-0.3, -0.25) is 4.79 Å². The molecule has 3 heterocycles. The van der Waals surface area contributed by atoms with Gasteiger partial charge in [-0.05, 0) is 38.0 Å². The van der Waals surface area contributed by atoms with Gasteiger partial charge in [0.2, 0.25) is 5.91 Å². The minimum absolute atomic E-state index is 0.0257. The molecule has 0 saturated carbocycles. The van der Waals surface area contributed by atoms with Crippen LogP contribution in [0.1, 0.15) is 31.7 Å². The molecule has 132 valence electrons. The van der Waals surface area contributed by atoms with Gasteiger partial charge in [-0.1, -0.05) is 6.07 Å². The highest BCUT2D eigenvalue weighted by atomic mass is 16.6. The fraction of sp³-hybridized carbons (Fsp3) is 0.474. The van der Waals surface area contributed by atoms with E-state index < -0.39 is 5.41 Å². The third kappa shape index (κ3) is 2.97.